The summed E-state index contributed by atoms with van der Waals surface area (Å²) in [4.78, 5) is 0. The fourth-order valence-corrected chi connectivity index (χ4v) is 3.59. The molecule has 0 aliphatic carbocycles. The molecule has 0 aliphatic heterocycles. The second-order valence-electron chi connectivity index (χ2n) is 8.83. The second-order valence-corrected chi connectivity index (χ2v) is 8.83. The molecular formula is C22H12F20. The van der Waals surface area contributed by atoms with Crippen LogP contribution >= 0.6 is 0 Å². The molecule has 0 bridgehead atoms. The highest BCUT2D eigenvalue weighted by Crippen LogP contribution is 2.57. The van der Waals surface area contributed by atoms with E-state index in [1.54, 1.807) is 0 Å². The van der Waals surface area contributed by atoms with Gasteiger partial charge in [-0.15, -0.1) is 0 Å². The summed E-state index contributed by atoms with van der Waals surface area (Å²) < 4.78 is 271. The fraction of sp³-hybridized carbons (Fsp3) is 0.545. The number of fused-ring (bicyclic) bond motifs is 1. The number of benzene rings is 2. The van der Waals surface area contributed by atoms with Crippen LogP contribution in [-0.4, -0.2) is 60.2 Å². The first kappa shape index (κ1) is 35.5. The van der Waals surface area contributed by atoms with Gasteiger partial charge in [-0.3, -0.25) is 0 Å². The Balaban J connectivity index is 2.74. The first-order chi connectivity index (χ1) is 18.5. The lowest BCUT2D eigenvalue weighted by Crippen LogP contribution is -2.65. The summed E-state index contributed by atoms with van der Waals surface area (Å²) in [6, 6.07) is 3.84. The van der Waals surface area contributed by atoms with Crippen molar-refractivity contribution in [1.29, 1.82) is 0 Å². The Hall–Kier alpha value is -2.70. The minimum Gasteiger partial charge on any atom is -0.203 e. The first-order valence-electron chi connectivity index (χ1n) is 10.6. The van der Waals surface area contributed by atoms with Crippen LogP contribution in [-0.2, 0) is 12.8 Å². The van der Waals surface area contributed by atoms with E-state index in [9.17, 15) is 87.8 Å². The van der Waals surface area contributed by atoms with E-state index in [-0.39, 0.29) is 6.07 Å². The van der Waals surface area contributed by atoms with E-state index >= 15 is 0 Å². The molecular weight excluding hydrogens is 644 g/mol. The number of hydrogen-bond donors (Lipinski definition) is 0. The van der Waals surface area contributed by atoms with Crippen molar-refractivity contribution < 1.29 is 87.8 Å². The lowest BCUT2D eigenvalue weighted by Gasteiger charge is -2.37. The molecule has 0 fully saturated rings. The number of halogens is 20. The van der Waals surface area contributed by atoms with E-state index < -0.39 is 95.0 Å². The fourth-order valence-electron chi connectivity index (χ4n) is 3.59. The van der Waals surface area contributed by atoms with E-state index in [0.717, 1.165) is 18.2 Å². The van der Waals surface area contributed by atoms with Crippen molar-refractivity contribution in [3.05, 3.63) is 47.5 Å². The zero-order chi connectivity index (χ0) is 33.1. The maximum absolute atomic E-state index is 14.5. The maximum Gasteiger partial charge on any atom is 0.384 e. The number of rotatable bonds is 12. The van der Waals surface area contributed by atoms with E-state index in [2.05, 4.69) is 0 Å². The Labute approximate surface area is 220 Å². The molecule has 0 saturated heterocycles. The standard InChI is InChI=1S/C22H12F20/c23-13(24)17(31,32)21(39,40)19(35,36)15(27,28)7-10-6-5-9-3-1-2-4-11(9)12(10)8-16(29,30)20(37,38)22(41,42)18(33,34)14(25)26/h1-6,13-14H,7-8H2. The highest BCUT2D eigenvalue weighted by atomic mass is 19.4. The van der Waals surface area contributed by atoms with Gasteiger partial charge in [-0.25, -0.2) is 17.6 Å². The largest absolute Gasteiger partial charge is 0.384 e. The average molecular weight is 656 g/mol. The normalized spacial score (nSPS) is 15.3. The van der Waals surface area contributed by atoms with Crippen molar-refractivity contribution in [2.45, 2.75) is 73.1 Å². The van der Waals surface area contributed by atoms with Gasteiger partial charge in [-0.05, 0) is 21.9 Å². The van der Waals surface area contributed by atoms with Crippen LogP contribution in [0, 0.1) is 0 Å². The minimum absolute atomic E-state index is 0.0468. The molecule has 0 spiro atoms. The molecule has 0 amide bonds. The molecule has 0 nitrogen and oxygen atoms in total. The lowest BCUT2D eigenvalue weighted by molar-refractivity contribution is -0.383. The Morgan fingerprint density at radius 3 is 1.24 bits per heavy atom. The molecule has 2 rings (SSSR count). The van der Waals surface area contributed by atoms with Gasteiger partial charge in [0.15, 0.2) is 0 Å². The van der Waals surface area contributed by atoms with Gasteiger partial charge in [0, 0.05) is 12.8 Å². The van der Waals surface area contributed by atoms with E-state index in [1.165, 1.54) is 0 Å². The van der Waals surface area contributed by atoms with Crippen LogP contribution in [0.2, 0.25) is 0 Å². The third-order valence-electron chi connectivity index (χ3n) is 6.04. The molecule has 240 valence electrons. The first-order valence-corrected chi connectivity index (χ1v) is 10.6. The Bertz CT molecular complexity index is 1260. The highest BCUT2D eigenvalue weighted by Gasteiger charge is 2.84. The van der Waals surface area contributed by atoms with Gasteiger partial charge in [0.1, 0.15) is 0 Å². The van der Waals surface area contributed by atoms with Gasteiger partial charge < -0.3 is 0 Å². The summed E-state index contributed by atoms with van der Waals surface area (Å²) in [7, 11) is 0. The zero-order valence-electron chi connectivity index (χ0n) is 19.6. The summed E-state index contributed by atoms with van der Waals surface area (Å²) in [5, 5.41) is -1.46. The number of hydrogen-bond acceptors (Lipinski definition) is 0. The van der Waals surface area contributed by atoms with Gasteiger partial charge >= 0.3 is 60.2 Å². The number of alkyl halides is 20. The molecule has 0 N–H and O–H groups in total. The van der Waals surface area contributed by atoms with E-state index in [0.29, 0.717) is 12.1 Å². The maximum atomic E-state index is 14.5. The molecule has 2 aromatic rings. The molecule has 0 aromatic heterocycles. The van der Waals surface area contributed by atoms with Crippen molar-refractivity contribution in [2.24, 2.45) is 0 Å². The molecule has 0 saturated carbocycles. The predicted octanol–water partition coefficient (Wildman–Crippen LogP) is 9.54. The van der Waals surface area contributed by atoms with Crippen molar-refractivity contribution in [3.63, 3.8) is 0 Å². The summed E-state index contributed by atoms with van der Waals surface area (Å²) in [6.45, 7) is 0. The van der Waals surface area contributed by atoms with Crippen molar-refractivity contribution in [2.75, 3.05) is 0 Å². The van der Waals surface area contributed by atoms with E-state index in [4.69, 9.17) is 0 Å². The van der Waals surface area contributed by atoms with Gasteiger partial charge in [-0.1, -0.05) is 36.4 Å². The molecule has 0 atom stereocenters. The summed E-state index contributed by atoms with van der Waals surface area (Å²) in [6.07, 6.45) is -17.5. The van der Waals surface area contributed by atoms with Crippen LogP contribution in [0.5, 0.6) is 0 Å². The van der Waals surface area contributed by atoms with Crippen LogP contribution in [0.25, 0.3) is 10.8 Å². The van der Waals surface area contributed by atoms with Crippen LogP contribution in [0.15, 0.2) is 36.4 Å². The van der Waals surface area contributed by atoms with E-state index in [1.807, 2.05) is 0 Å². The Kier molecular flexibility index (Phi) is 8.86. The SMILES string of the molecule is FC(F)C(F)(F)C(F)(F)C(F)(F)C(F)(F)Cc1ccc2ccccc2c1CC(F)(F)C(F)(F)C(F)(F)C(F)(F)C(F)F. The minimum atomic E-state index is -7.55. The molecule has 0 aliphatic rings. The lowest BCUT2D eigenvalue weighted by atomic mass is 9.86. The monoisotopic (exact) mass is 656 g/mol. The summed E-state index contributed by atoms with van der Waals surface area (Å²) in [5.41, 5.74) is -3.68. The van der Waals surface area contributed by atoms with Crippen LogP contribution in [0.4, 0.5) is 87.8 Å². The van der Waals surface area contributed by atoms with Crippen LogP contribution in [0.3, 0.4) is 0 Å². The van der Waals surface area contributed by atoms with Crippen molar-refractivity contribution >= 4 is 10.8 Å². The van der Waals surface area contributed by atoms with Gasteiger partial charge in [0.05, 0.1) is 0 Å². The van der Waals surface area contributed by atoms with Gasteiger partial charge in [0.2, 0.25) is 0 Å². The Morgan fingerprint density at radius 2 is 0.833 bits per heavy atom. The molecule has 0 heterocycles. The average Bonchev–Trinajstić information content (AvgIpc) is 2.84. The third kappa shape index (κ3) is 5.19. The van der Waals surface area contributed by atoms with Crippen molar-refractivity contribution in [3.8, 4) is 0 Å². The molecule has 42 heavy (non-hydrogen) atoms. The summed E-state index contributed by atoms with van der Waals surface area (Å²) in [5.74, 6) is -57.4. The zero-order valence-corrected chi connectivity index (χ0v) is 19.6. The second kappa shape index (κ2) is 10.5. The molecule has 0 unspecified atom stereocenters. The summed E-state index contributed by atoms with van der Waals surface area (Å²) >= 11 is 0. The Morgan fingerprint density at radius 1 is 0.452 bits per heavy atom. The smallest absolute Gasteiger partial charge is 0.203 e. The molecule has 0 radical (unpaired) electrons. The van der Waals surface area contributed by atoms with Crippen LogP contribution < -0.4 is 0 Å². The third-order valence-corrected chi connectivity index (χ3v) is 6.04. The van der Waals surface area contributed by atoms with Gasteiger partial charge in [0.25, 0.3) is 0 Å². The molecule has 2 aromatic carbocycles. The van der Waals surface area contributed by atoms with Gasteiger partial charge in [-0.2, -0.15) is 70.2 Å². The van der Waals surface area contributed by atoms with Crippen LogP contribution in [0.1, 0.15) is 11.1 Å². The topological polar surface area (TPSA) is 0 Å². The molecule has 20 heteroatoms. The highest BCUT2D eigenvalue weighted by molar-refractivity contribution is 5.87. The predicted molar refractivity (Wildman–Crippen MR) is 103 cm³/mol. The quantitative estimate of drug-likeness (QED) is 0.200. The van der Waals surface area contributed by atoms with Crippen molar-refractivity contribution in [1.82, 2.24) is 0 Å².